The lowest BCUT2D eigenvalue weighted by molar-refractivity contribution is -0.0875. The van der Waals surface area contributed by atoms with E-state index >= 15 is 0 Å². The second-order valence-electron chi connectivity index (χ2n) is 4.62. The Balaban J connectivity index is 2.39. The van der Waals surface area contributed by atoms with Gasteiger partial charge in [0.1, 0.15) is 17.9 Å². The van der Waals surface area contributed by atoms with Gasteiger partial charge in [-0.05, 0) is 17.1 Å². The normalized spacial score (nSPS) is 11.4. The van der Waals surface area contributed by atoms with Crippen LogP contribution in [0.4, 0.5) is 0 Å². The van der Waals surface area contributed by atoms with Gasteiger partial charge in [-0.1, -0.05) is 30.3 Å². The molecule has 0 saturated carbocycles. The molecule has 0 bridgehead atoms. The molecule has 0 spiro atoms. The van der Waals surface area contributed by atoms with Crippen molar-refractivity contribution < 1.29 is 28.0 Å². The zero-order valence-corrected chi connectivity index (χ0v) is 12.6. The van der Waals surface area contributed by atoms with E-state index < -0.39 is 15.8 Å². The summed E-state index contributed by atoms with van der Waals surface area (Å²) in [5.41, 5.74) is 1.44. The van der Waals surface area contributed by atoms with Crippen LogP contribution in [0.15, 0.2) is 36.4 Å². The van der Waals surface area contributed by atoms with Crippen LogP contribution < -0.4 is 10.4 Å². The Kier molecular flexibility index (Phi) is 4.96. The van der Waals surface area contributed by atoms with E-state index in [1.165, 1.54) is 5.64 Å². The van der Waals surface area contributed by atoms with Crippen LogP contribution in [0.2, 0.25) is 0 Å². The molecule has 8 heteroatoms. The topological polar surface area (TPSA) is 102 Å². The van der Waals surface area contributed by atoms with Crippen molar-refractivity contribution in [2.24, 2.45) is 0 Å². The summed E-state index contributed by atoms with van der Waals surface area (Å²) in [7, 11) is -3.17. The van der Waals surface area contributed by atoms with E-state index in [1.807, 2.05) is 6.07 Å². The van der Waals surface area contributed by atoms with Crippen LogP contribution in [0, 0.1) is 0 Å². The summed E-state index contributed by atoms with van der Waals surface area (Å²) in [6.45, 7) is -0.0932. The number of ether oxygens (including phenoxy) is 1. The Morgan fingerprint density at radius 1 is 1.23 bits per heavy atom. The summed E-state index contributed by atoms with van der Waals surface area (Å²) < 4.78 is 27.7. The predicted octanol–water partition coefficient (Wildman–Crippen LogP) is 1.31. The molecule has 2 aromatic rings. The first-order chi connectivity index (χ1) is 10.4. The molecule has 2 N–H and O–H groups in total. The molecular weight excluding hydrogens is 310 g/mol. The number of sulfone groups is 1. The van der Waals surface area contributed by atoms with E-state index in [0.29, 0.717) is 5.39 Å². The van der Waals surface area contributed by atoms with Crippen LogP contribution >= 0.6 is 0 Å². The third-order valence-electron chi connectivity index (χ3n) is 2.94. The van der Waals surface area contributed by atoms with Crippen LogP contribution in [0.1, 0.15) is 10.4 Å². The molecule has 0 aromatic heterocycles. The largest absolute Gasteiger partial charge is 0.492 e. The molecule has 0 heterocycles. The summed E-state index contributed by atoms with van der Waals surface area (Å²) in [5.74, 6) is -0.830. The molecule has 0 fully saturated rings. The smallest absolute Gasteiger partial charge is 0.363 e. The zero-order valence-electron chi connectivity index (χ0n) is 11.8. The lowest BCUT2D eigenvalue weighted by Gasteiger charge is -2.12. The van der Waals surface area contributed by atoms with Crippen molar-refractivity contribution in [2.45, 2.75) is 0 Å². The standard InChI is InChI=1S/C14H15NO6S/c1-22(18,19)9-8-20-12-7-6-10-4-2-3-5-11(10)13(12)14(16)21-15-17/h2-7,15,17H,8-9H2,1H3. The highest BCUT2D eigenvalue weighted by Crippen LogP contribution is 2.28. The zero-order chi connectivity index (χ0) is 16.2. The van der Waals surface area contributed by atoms with Crippen molar-refractivity contribution in [2.75, 3.05) is 18.6 Å². The van der Waals surface area contributed by atoms with E-state index in [4.69, 9.17) is 9.94 Å². The third kappa shape index (κ3) is 3.94. The van der Waals surface area contributed by atoms with E-state index in [-0.39, 0.29) is 23.7 Å². The maximum atomic E-state index is 12.0. The number of nitrogens with one attached hydrogen (secondary N) is 1. The average molecular weight is 325 g/mol. The van der Waals surface area contributed by atoms with Gasteiger partial charge in [-0.25, -0.2) is 13.2 Å². The lowest BCUT2D eigenvalue weighted by Crippen LogP contribution is -2.18. The monoisotopic (exact) mass is 325 g/mol. The Morgan fingerprint density at radius 3 is 2.64 bits per heavy atom. The average Bonchev–Trinajstić information content (AvgIpc) is 2.45. The highest BCUT2D eigenvalue weighted by molar-refractivity contribution is 7.90. The number of carbonyl (C=O) groups excluding carboxylic acids is 1. The number of fused-ring (bicyclic) bond motifs is 1. The van der Waals surface area contributed by atoms with E-state index in [1.54, 1.807) is 30.3 Å². The van der Waals surface area contributed by atoms with Crippen molar-refractivity contribution in [1.29, 1.82) is 0 Å². The molecular formula is C14H15NO6S. The van der Waals surface area contributed by atoms with Gasteiger partial charge in [0, 0.05) is 11.6 Å². The Labute approximate surface area is 127 Å². The molecule has 0 aliphatic rings. The van der Waals surface area contributed by atoms with Gasteiger partial charge >= 0.3 is 5.97 Å². The van der Waals surface area contributed by atoms with Gasteiger partial charge in [0.2, 0.25) is 0 Å². The maximum absolute atomic E-state index is 12.0. The van der Waals surface area contributed by atoms with E-state index in [0.717, 1.165) is 11.6 Å². The van der Waals surface area contributed by atoms with Gasteiger partial charge in [0.25, 0.3) is 0 Å². The number of carbonyl (C=O) groups is 1. The van der Waals surface area contributed by atoms with Gasteiger partial charge in [0.15, 0.2) is 9.84 Å². The summed E-state index contributed by atoms with van der Waals surface area (Å²) in [6.07, 6.45) is 1.10. The third-order valence-corrected chi connectivity index (χ3v) is 3.85. The van der Waals surface area contributed by atoms with Crippen molar-refractivity contribution in [3.8, 4) is 5.75 Å². The predicted molar refractivity (Wildman–Crippen MR) is 79.5 cm³/mol. The van der Waals surface area contributed by atoms with Gasteiger partial charge in [-0.2, -0.15) is 0 Å². The van der Waals surface area contributed by atoms with Crippen LogP contribution in [0.25, 0.3) is 10.8 Å². The van der Waals surface area contributed by atoms with Crippen LogP contribution in [-0.2, 0) is 14.7 Å². The molecule has 0 radical (unpaired) electrons. The molecule has 22 heavy (non-hydrogen) atoms. The van der Waals surface area contributed by atoms with Crippen LogP contribution in [-0.4, -0.2) is 38.2 Å². The second-order valence-corrected chi connectivity index (χ2v) is 6.88. The summed E-state index contributed by atoms with van der Waals surface area (Å²) in [6, 6.07) is 10.4. The van der Waals surface area contributed by atoms with Gasteiger partial charge in [-0.3, -0.25) is 5.21 Å². The quantitative estimate of drug-likeness (QED) is 0.772. The Morgan fingerprint density at radius 2 is 1.95 bits per heavy atom. The minimum Gasteiger partial charge on any atom is -0.492 e. The molecule has 118 valence electrons. The van der Waals surface area contributed by atoms with Crippen molar-refractivity contribution in [3.63, 3.8) is 0 Å². The number of benzene rings is 2. The molecule has 0 atom stereocenters. The second kappa shape index (κ2) is 6.73. The molecule has 2 rings (SSSR count). The molecule has 0 unspecified atom stereocenters. The first-order valence-electron chi connectivity index (χ1n) is 6.35. The van der Waals surface area contributed by atoms with Crippen LogP contribution in [0.3, 0.4) is 0 Å². The first kappa shape index (κ1) is 16.2. The van der Waals surface area contributed by atoms with Crippen molar-refractivity contribution in [1.82, 2.24) is 5.64 Å². The molecule has 2 aromatic carbocycles. The fourth-order valence-electron chi connectivity index (χ4n) is 1.98. The van der Waals surface area contributed by atoms with Crippen molar-refractivity contribution in [3.05, 3.63) is 42.0 Å². The van der Waals surface area contributed by atoms with E-state index in [9.17, 15) is 13.2 Å². The molecule has 0 saturated heterocycles. The van der Waals surface area contributed by atoms with Gasteiger partial charge < -0.3 is 9.57 Å². The fraction of sp³-hybridized carbons (Fsp3) is 0.214. The molecule has 0 amide bonds. The van der Waals surface area contributed by atoms with E-state index in [2.05, 4.69) is 4.84 Å². The SMILES string of the molecule is CS(=O)(=O)CCOc1ccc2ccccc2c1C(=O)ONO. The Hall–Kier alpha value is -2.16. The highest BCUT2D eigenvalue weighted by atomic mass is 32.2. The minimum atomic E-state index is -3.17. The number of hydrogen-bond acceptors (Lipinski definition) is 7. The van der Waals surface area contributed by atoms with Crippen LogP contribution in [0.5, 0.6) is 5.75 Å². The van der Waals surface area contributed by atoms with Gasteiger partial charge in [-0.15, -0.1) is 0 Å². The summed E-state index contributed by atoms with van der Waals surface area (Å²) in [4.78, 5) is 16.4. The summed E-state index contributed by atoms with van der Waals surface area (Å²) >= 11 is 0. The first-order valence-corrected chi connectivity index (χ1v) is 8.41. The minimum absolute atomic E-state index is 0.0932. The number of rotatable bonds is 6. The summed E-state index contributed by atoms with van der Waals surface area (Å²) in [5, 5.41) is 9.88. The molecule has 0 aliphatic carbocycles. The molecule has 7 nitrogen and oxygen atoms in total. The van der Waals surface area contributed by atoms with Gasteiger partial charge in [0.05, 0.1) is 5.75 Å². The fourth-order valence-corrected chi connectivity index (χ4v) is 2.36. The Bertz CT molecular complexity index is 787. The maximum Gasteiger partial charge on any atom is 0.363 e. The number of hydrogen-bond donors (Lipinski definition) is 2. The van der Waals surface area contributed by atoms with Crippen molar-refractivity contribution >= 4 is 26.6 Å². The highest BCUT2D eigenvalue weighted by Gasteiger charge is 2.19. The molecule has 0 aliphatic heterocycles. The lowest BCUT2D eigenvalue weighted by atomic mass is 10.0.